The fourth-order valence-corrected chi connectivity index (χ4v) is 3.05. The second-order valence-electron chi connectivity index (χ2n) is 6.47. The summed E-state index contributed by atoms with van der Waals surface area (Å²) in [6.45, 7) is 5.69. The zero-order valence-corrected chi connectivity index (χ0v) is 14.2. The summed E-state index contributed by atoms with van der Waals surface area (Å²) in [5, 5.41) is 11.6. The molecule has 7 heteroatoms. The van der Waals surface area contributed by atoms with Crippen molar-refractivity contribution in [2.24, 2.45) is 5.92 Å². The van der Waals surface area contributed by atoms with Gasteiger partial charge in [-0.15, -0.1) is 10.2 Å². The Bertz CT molecular complexity index is 797. The fraction of sp³-hybridized carbons (Fsp3) is 0.389. The Morgan fingerprint density at radius 1 is 1.28 bits per heavy atom. The molecule has 0 unspecified atom stereocenters. The molecular formula is C18H21N5O2. The van der Waals surface area contributed by atoms with E-state index in [9.17, 15) is 0 Å². The molecule has 1 saturated heterocycles. The number of aromatic nitrogens is 3. The van der Waals surface area contributed by atoms with Gasteiger partial charge in [0.25, 0.3) is 5.89 Å². The van der Waals surface area contributed by atoms with Gasteiger partial charge in [0.1, 0.15) is 5.82 Å². The number of aryl methyl sites for hydroxylation is 1. The Kier molecular flexibility index (Phi) is 4.47. The average molecular weight is 339 g/mol. The van der Waals surface area contributed by atoms with Crippen LogP contribution in [0.5, 0.6) is 0 Å². The zero-order chi connectivity index (χ0) is 17.1. The summed E-state index contributed by atoms with van der Waals surface area (Å²) in [5.41, 5.74) is 1.17. The van der Waals surface area contributed by atoms with Crippen LogP contribution in [0.4, 0.5) is 5.82 Å². The van der Waals surface area contributed by atoms with E-state index in [0.29, 0.717) is 30.0 Å². The first-order valence-corrected chi connectivity index (χ1v) is 8.51. The van der Waals surface area contributed by atoms with Crippen LogP contribution in [0.3, 0.4) is 0 Å². The third-order valence-electron chi connectivity index (χ3n) is 4.41. The maximum atomic E-state index is 5.68. The molecule has 0 saturated carbocycles. The number of nitrogens with zero attached hydrogens (tertiary/aromatic N) is 4. The first-order chi connectivity index (χ1) is 12.3. The van der Waals surface area contributed by atoms with E-state index in [4.69, 9.17) is 8.83 Å². The third-order valence-corrected chi connectivity index (χ3v) is 4.41. The van der Waals surface area contributed by atoms with E-state index >= 15 is 0 Å². The van der Waals surface area contributed by atoms with Gasteiger partial charge < -0.3 is 14.2 Å². The molecule has 1 atom stereocenters. The van der Waals surface area contributed by atoms with Gasteiger partial charge in [-0.3, -0.25) is 4.90 Å². The van der Waals surface area contributed by atoms with Gasteiger partial charge in [0, 0.05) is 19.3 Å². The van der Waals surface area contributed by atoms with Crippen molar-refractivity contribution in [2.45, 2.75) is 19.9 Å². The molecule has 130 valence electrons. The van der Waals surface area contributed by atoms with Crippen LogP contribution in [-0.2, 0) is 6.54 Å². The molecule has 3 aromatic rings. The Labute approximate surface area is 146 Å². The highest BCUT2D eigenvalue weighted by Crippen LogP contribution is 2.22. The van der Waals surface area contributed by atoms with Crippen LogP contribution in [0.1, 0.15) is 17.9 Å². The van der Waals surface area contributed by atoms with Crippen molar-refractivity contribution in [3.63, 3.8) is 0 Å². The summed E-state index contributed by atoms with van der Waals surface area (Å²) >= 11 is 0. The minimum Gasteiger partial charge on any atom is -0.459 e. The van der Waals surface area contributed by atoms with E-state index in [2.05, 4.69) is 31.5 Å². The zero-order valence-electron chi connectivity index (χ0n) is 14.2. The number of hydrogen-bond acceptors (Lipinski definition) is 7. The smallest absolute Gasteiger partial charge is 0.283 e. The molecule has 1 N–H and O–H groups in total. The minimum absolute atomic E-state index is 0.433. The molecule has 1 aliphatic rings. The number of likely N-dealkylation sites (tertiary alicyclic amines) is 1. The van der Waals surface area contributed by atoms with Crippen molar-refractivity contribution in [1.82, 2.24) is 20.1 Å². The lowest BCUT2D eigenvalue weighted by Crippen LogP contribution is -2.23. The van der Waals surface area contributed by atoms with Gasteiger partial charge in [-0.2, -0.15) is 0 Å². The normalized spacial score (nSPS) is 17.9. The monoisotopic (exact) mass is 339 g/mol. The molecule has 7 nitrogen and oxygen atoms in total. The lowest BCUT2D eigenvalue weighted by atomic mass is 10.1. The number of pyridine rings is 1. The molecule has 4 heterocycles. The molecule has 0 radical (unpaired) electrons. The predicted molar refractivity (Wildman–Crippen MR) is 92.8 cm³/mol. The van der Waals surface area contributed by atoms with Crippen LogP contribution in [0.25, 0.3) is 11.7 Å². The predicted octanol–water partition coefficient (Wildman–Crippen LogP) is 2.97. The van der Waals surface area contributed by atoms with Crippen LogP contribution in [-0.4, -0.2) is 39.7 Å². The summed E-state index contributed by atoms with van der Waals surface area (Å²) in [6, 6.07) is 7.72. The molecule has 0 spiro atoms. The second kappa shape index (κ2) is 7.06. The minimum atomic E-state index is 0.433. The molecule has 0 bridgehead atoms. The van der Waals surface area contributed by atoms with Crippen molar-refractivity contribution in [3.05, 3.63) is 48.2 Å². The van der Waals surface area contributed by atoms with E-state index in [1.807, 2.05) is 25.3 Å². The highest BCUT2D eigenvalue weighted by molar-refractivity contribution is 5.42. The van der Waals surface area contributed by atoms with Gasteiger partial charge in [-0.05, 0) is 49.6 Å². The Morgan fingerprint density at radius 3 is 3.04 bits per heavy atom. The third kappa shape index (κ3) is 3.88. The molecule has 1 fully saturated rings. The lowest BCUT2D eigenvalue weighted by Gasteiger charge is -2.14. The summed E-state index contributed by atoms with van der Waals surface area (Å²) < 4.78 is 11.0. The van der Waals surface area contributed by atoms with E-state index in [0.717, 1.165) is 31.9 Å². The molecule has 0 aliphatic carbocycles. The van der Waals surface area contributed by atoms with Crippen LogP contribution in [0, 0.1) is 12.8 Å². The summed E-state index contributed by atoms with van der Waals surface area (Å²) in [4.78, 5) is 6.73. The molecule has 1 aliphatic heterocycles. The number of rotatable bonds is 6. The summed E-state index contributed by atoms with van der Waals surface area (Å²) in [7, 11) is 0. The SMILES string of the molecule is Cc1ccc(NC[C@H]2CCN(Cc3nnc(-c4ccco4)o3)C2)nc1. The highest BCUT2D eigenvalue weighted by Gasteiger charge is 2.24. The number of anilines is 1. The standard InChI is InChI=1S/C18H21N5O2/c1-13-4-5-16(19-9-13)20-10-14-6-7-23(11-14)12-17-21-22-18(25-17)15-3-2-8-24-15/h2-5,8-9,14H,6-7,10-12H2,1H3,(H,19,20)/t14-/m1/s1. The molecular weight excluding hydrogens is 318 g/mol. The van der Waals surface area contributed by atoms with Crippen LogP contribution < -0.4 is 5.32 Å². The van der Waals surface area contributed by atoms with Gasteiger partial charge in [0.2, 0.25) is 5.89 Å². The average Bonchev–Trinajstić information content (AvgIpc) is 3.36. The first-order valence-electron chi connectivity index (χ1n) is 8.51. The number of hydrogen-bond donors (Lipinski definition) is 1. The Balaban J connectivity index is 1.27. The Hall–Kier alpha value is -2.67. The van der Waals surface area contributed by atoms with E-state index in [-0.39, 0.29) is 0 Å². The summed E-state index contributed by atoms with van der Waals surface area (Å²) in [5.74, 6) is 3.19. The highest BCUT2D eigenvalue weighted by atomic mass is 16.4. The topological polar surface area (TPSA) is 80.2 Å². The second-order valence-corrected chi connectivity index (χ2v) is 6.47. The van der Waals surface area contributed by atoms with Gasteiger partial charge in [-0.25, -0.2) is 4.98 Å². The van der Waals surface area contributed by atoms with E-state index in [1.165, 1.54) is 5.56 Å². The van der Waals surface area contributed by atoms with E-state index in [1.54, 1.807) is 12.3 Å². The van der Waals surface area contributed by atoms with Crippen molar-refractivity contribution in [3.8, 4) is 11.7 Å². The molecule has 0 aromatic carbocycles. The quantitative estimate of drug-likeness (QED) is 0.739. The van der Waals surface area contributed by atoms with Crippen molar-refractivity contribution in [1.29, 1.82) is 0 Å². The first kappa shape index (κ1) is 15.8. The van der Waals surface area contributed by atoms with Crippen molar-refractivity contribution >= 4 is 5.82 Å². The number of nitrogens with one attached hydrogen (secondary N) is 1. The van der Waals surface area contributed by atoms with Gasteiger partial charge in [0.05, 0.1) is 12.8 Å². The molecule has 25 heavy (non-hydrogen) atoms. The van der Waals surface area contributed by atoms with Crippen LogP contribution in [0.15, 0.2) is 45.6 Å². The van der Waals surface area contributed by atoms with Crippen molar-refractivity contribution in [2.75, 3.05) is 25.0 Å². The number of furan rings is 1. The Morgan fingerprint density at radius 2 is 2.24 bits per heavy atom. The maximum Gasteiger partial charge on any atom is 0.283 e. The molecule has 3 aromatic heterocycles. The summed E-state index contributed by atoms with van der Waals surface area (Å²) in [6.07, 6.45) is 4.63. The molecule has 4 rings (SSSR count). The molecule has 0 amide bonds. The van der Waals surface area contributed by atoms with Gasteiger partial charge >= 0.3 is 0 Å². The largest absolute Gasteiger partial charge is 0.459 e. The van der Waals surface area contributed by atoms with Crippen LogP contribution in [0.2, 0.25) is 0 Å². The van der Waals surface area contributed by atoms with Crippen molar-refractivity contribution < 1.29 is 8.83 Å². The van der Waals surface area contributed by atoms with Gasteiger partial charge in [0.15, 0.2) is 5.76 Å². The van der Waals surface area contributed by atoms with E-state index < -0.39 is 0 Å². The maximum absolute atomic E-state index is 5.68. The van der Waals surface area contributed by atoms with Gasteiger partial charge in [-0.1, -0.05) is 6.07 Å². The lowest BCUT2D eigenvalue weighted by molar-refractivity contribution is 0.282. The van der Waals surface area contributed by atoms with Crippen LogP contribution >= 0.6 is 0 Å². The fourth-order valence-electron chi connectivity index (χ4n) is 3.05.